The number of carboxylic acid groups (broad SMARTS) is 1. The van der Waals surface area contributed by atoms with Gasteiger partial charge in [0.05, 0.1) is 5.92 Å². The molecule has 0 aliphatic carbocycles. The van der Waals surface area contributed by atoms with Gasteiger partial charge in [0.15, 0.2) is 0 Å². The van der Waals surface area contributed by atoms with E-state index in [1.165, 1.54) is 0 Å². The van der Waals surface area contributed by atoms with Gasteiger partial charge in [-0.05, 0) is 24.1 Å². The number of amides is 2. The number of hydrogen-bond donors (Lipinski definition) is 3. The number of halogens is 3. The fraction of sp³-hybridized carbons (Fsp3) is 0.471. The molecule has 0 bridgehead atoms. The normalized spacial score (nSPS) is 20.3. The standard InChI is InChI=1S/C15H18N2O3.C2HF3O2/c18-9-10-7-17(8-10)12-3-1-11(2-4-12)13-5-6-14(19)16-15(13)20;3-2(4,5)1(6)7/h1-4,10,13,18H,5-9H2,(H,16,19,20);(H,6,7)/t13-;/m1./s1. The lowest BCUT2D eigenvalue weighted by Gasteiger charge is -2.40. The van der Waals surface area contributed by atoms with Crippen molar-refractivity contribution in [2.45, 2.75) is 24.9 Å². The average Bonchev–Trinajstić information content (AvgIpc) is 2.54. The summed E-state index contributed by atoms with van der Waals surface area (Å²) in [6.07, 6.45) is -4.09. The Bertz CT molecular complexity index is 700. The molecule has 1 aromatic carbocycles. The number of piperidine rings is 1. The van der Waals surface area contributed by atoms with E-state index < -0.39 is 12.1 Å². The second-order valence-electron chi connectivity index (χ2n) is 6.35. The number of hydrogen-bond acceptors (Lipinski definition) is 5. The number of rotatable bonds is 3. The number of anilines is 1. The van der Waals surface area contributed by atoms with E-state index in [0.717, 1.165) is 24.3 Å². The van der Waals surface area contributed by atoms with Crippen molar-refractivity contribution in [2.24, 2.45) is 5.92 Å². The molecule has 0 unspecified atom stereocenters. The number of benzene rings is 1. The molecule has 2 heterocycles. The second-order valence-corrected chi connectivity index (χ2v) is 6.35. The van der Waals surface area contributed by atoms with Crippen molar-refractivity contribution in [1.29, 1.82) is 0 Å². The molecular weight excluding hydrogens is 369 g/mol. The van der Waals surface area contributed by atoms with Crippen LogP contribution < -0.4 is 10.2 Å². The zero-order chi connectivity index (χ0) is 20.2. The summed E-state index contributed by atoms with van der Waals surface area (Å²) in [6.45, 7) is 2.01. The average molecular weight is 388 g/mol. The maximum atomic E-state index is 11.8. The maximum absolute atomic E-state index is 11.8. The van der Waals surface area contributed by atoms with Gasteiger partial charge in [0.2, 0.25) is 11.8 Å². The van der Waals surface area contributed by atoms with E-state index in [1.54, 1.807) is 0 Å². The van der Waals surface area contributed by atoms with Crippen LogP contribution in [0.1, 0.15) is 24.3 Å². The zero-order valence-corrected chi connectivity index (χ0v) is 14.2. The van der Waals surface area contributed by atoms with Crippen molar-refractivity contribution in [3.05, 3.63) is 29.8 Å². The van der Waals surface area contributed by atoms with Crippen LogP contribution in [0.4, 0.5) is 18.9 Å². The van der Waals surface area contributed by atoms with Gasteiger partial charge in [-0.25, -0.2) is 4.79 Å². The van der Waals surface area contributed by atoms with E-state index in [1.807, 2.05) is 24.3 Å². The summed E-state index contributed by atoms with van der Waals surface area (Å²) in [7, 11) is 0. The van der Waals surface area contributed by atoms with Gasteiger partial charge in [-0.1, -0.05) is 12.1 Å². The quantitative estimate of drug-likeness (QED) is 0.674. The van der Waals surface area contributed by atoms with E-state index in [-0.39, 0.29) is 24.3 Å². The Morgan fingerprint density at radius 1 is 1.19 bits per heavy atom. The number of carboxylic acids is 1. The summed E-state index contributed by atoms with van der Waals surface area (Å²) in [6, 6.07) is 7.93. The number of alkyl halides is 3. The minimum atomic E-state index is -5.08. The Morgan fingerprint density at radius 3 is 2.19 bits per heavy atom. The van der Waals surface area contributed by atoms with E-state index >= 15 is 0 Å². The van der Waals surface area contributed by atoms with Gasteiger partial charge in [-0.15, -0.1) is 0 Å². The molecule has 2 aliphatic rings. The van der Waals surface area contributed by atoms with Crippen LogP contribution in [0.2, 0.25) is 0 Å². The van der Waals surface area contributed by atoms with Gasteiger partial charge >= 0.3 is 12.1 Å². The van der Waals surface area contributed by atoms with Crippen LogP contribution in [0.3, 0.4) is 0 Å². The van der Waals surface area contributed by atoms with Gasteiger partial charge < -0.3 is 15.1 Å². The molecule has 1 atom stereocenters. The Balaban J connectivity index is 0.000000321. The monoisotopic (exact) mass is 388 g/mol. The third-order valence-corrected chi connectivity index (χ3v) is 4.36. The number of nitrogens with zero attached hydrogens (tertiary/aromatic N) is 1. The van der Waals surface area contributed by atoms with Crippen LogP contribution in [-0.2, 0) is 14.4 Å². The fourth-order valence-electron chi connectivity index (χ4n) is 2.83. The number of carbonyl (C=O) groups excluding carboxylic acids is 2. The van der Waals surface area contributed by atoms with Crippen LogP contribution in [0.15, 0.2) is 24.3 Å². The molecular formula is C17H19F3N2O5. The van der Waals surface area contributed by atoms with Crippen LogP contribution in [-0.4, -0.2) is 53.9 Å². The smallest absolute Gasteiger partial charge is 0.475 e. The molecule has 10 heteroatoms. The molecule has 0 aromatic heterocycles. The van der Waals surface area contributed by atoms with Gasteiger partial charge in [0, 0.05) is 37.7 Å². The molecule has 148 valence electrons. The molecule has 3 N–H and O–H groups in total. The molecule has 1 aromatic rings. The number of aliphatic hydroxyl groups is 1. The predicted octanol–water partition coefficient (Wildman–Crippen LogP) is 1.27. The lowest BCUT2D eigenvalue weighted by atomic mass is 9.90. The molecule has 2 fully saturated rings. The van der Waals surface area contributed by atoms with Gasteiger partial charge in [-0.2, -0.15) is 13.2 Å². The largest absolute Gasteiger partial charge is 0.490 e. The molecule has 0 radical (unpaired) electrons. The first-order chi connectivity index (χ1) is 12.6. The molecule has 2 amide bonds. The highest BCUT2D eigenvalue weighted by Crippen LogP contribution is 2.29. The number of nitrogens with one attached hydrogen (secondary N) is 1. The highest BCUT2D eigenvalue weighted by Gasteiger charge is 2.38. The van der Waals surface area contributed by atoms with Crippen molar-refractivity contribution < 1.29 is 37.8 Å². The molecule has 3 rings (SSSR count). The number of aliphatic carboxylic acids is 1. The minimum Gasteiger partial charge on any atom is -0.475 e. The Labute approximate surface area is 152 Å². The summed E-state index contributed by atoms with van der Waals surface area (Å²) in [5.41, 5.74) is 2.07. The maximum Gasteiger partial charge on any atom is 0.490 e. The van der Waals surface area contributed by atoms with Crippen LogP contribution in [0, 0.1) is 5.92 Å². The lowest BCUT2D eigenvalue weighted by Crippen LogP contribution is -2.48. The topological polar surface area (TPSA) is 107 Å². The summed E-state index contributed by atoms with van der Waals surface area (Å²) < 4.78 is 31.7. The van der Waals surface area contributed by atoms with Gasteiger partial charge in [0.25, 0.3) is 0 Å². The Morgan fingerprint density at radius 2 is 1.74 bits per heavy atom. The fourth-order valence-corrected chi connectivity index (χ4v) is 2.83. The van der Waals surface area contributed by atoms with E-state index in [9.17, 15) is 22.8 Å². The first kappa shape index (κ1) is 20.7. The van der Waals surface area contributed by atoms with Crippen LogP contribution >= 0.6 is 0 Å². The third-order valence-electron chi connectivity index (χ3n) is 4.36. The van der Waals surface area contributed by atoms with E-state index in [4.69, 9.17) is 15.0 Å². The van der Waals surface area contributed by atoms with Crippen molar-refractivity contribution in [3.63, 3.8) is 0 Å². The first-order valence-electron chi connectivity index (χ1n) is 8.21. The van der Waals surface area contributed by atoms with Crippen LogP contribution in [0.5, 0.6) is 0 Å². The summed E-state index contributed by atoms with van der Waals surface area (Å²) in [5.74, 6) is -2.97. The number of aliphatic hydroxyl groups excluding tert-OH is 1. The first-order valence-corrected chi connectivity index (χ1v) is 8.21. The lowest BCUT2D eigenvalue weighted by molar-refractivity contribution is -0.192. The highest BCUT2D eigenvalue weighted by atomic mass is 19.4. The van der Waals surface area contributed by atoms with Gasteiger partial charge in [-0.3, -0.25) is 14.9 Å². The van der Waals surface area contributed by atoms with Crippen LogP contribution in [0.25, 0.3) is 0 Å². The van der Waals surface area contributed by atoms with Crippen molar-refractivity contribution in [3.8, 4) is 0 Å². The SMILES string of the molecule is O=C(O)C(F)(F)F.O=C1CC[C@H](c2ccc(N3CC(CO)C3)cc2)C(=O)N1. The molecule has 7 nitrogen and oxygen atoms in total. The molecule has 2 saturated heterocycles. The number of carbonyl (C=O) groups is 3. The zero-order valence-electron chi connectivity index (χ0n) is 14.2. The highest BCUT2D eigenvalue weighted by molar-refractivity contribution is 6.00. The third kappa shape index (κ3) is 5.43. The van der Waals surface area contributed by atoms with Crippen molar-refractivity contribution in [2.75, 3.05) is 24.6 Å². The van der Waals surface area contributed by atoms with Crippen molar-refractivity contribution >= 4 is 23.5 Å². The summed E-state index contributed by atoms with van der Waals surface area (Å²) in [5, 5.41) is 18.5. The predicted molar refractivity (Wildman–Crippen MR) is 88.0 cm³/mol. The number of imide groups is 1. The molecule has 27 heavy (non-hydrogen) atoms. The summed E-state index contributed by atoms with van der Waals surface area (Å²) in [4.78, 5) is 34.0. The Hall–Kier alpha value is -2.62. The molecule has 2 aliphatic heterocycles. The molecule has 0 saturated carbocycles. The Kier molecular flexibility index (Phi) is 6.42. The van der Waals surface area contributed by atoms with E-state index in [2.05, 4.69) is 10.2 Å². The minimum absolute atomic E-state index is 0.182. The molecule has 0 spiro atoms. The summed E-state index contributed by atoms with van der Waals surface area (Å²) >= 11 is 0. The van der Waals surface area contributed by atoms with Crippen molar-refractivity contribution in [1.82, 2.24) is 5.32 Å². The second kappa shape index (κ2) is 8.38. The van der Waals surface area contributed by atoms with E-state index in [0.29, 0.717) is 18.8 Å². The van der Waals surface area contributed by atoms with Gasteiger partial charge in [0.1, 0.15) is 0 Å².